The Balaban J connectivity index is 1.41. The van der Waals surface area contributed by atoms with Gasteiger partial charge < -0.3 is 18.9 Å². The molecule has 0 amide bonds. The van der Waals surface area contributed by atoms with Gasteiger partial charge in [-0.3, -0.25) is 14.9 Å². The number of halogens is 1. The van der Waals surface area contributed by atoms with Gasteiger partial charge >= 0.3 is 5.69 Å². The van der Waals surface area contributed by atoms with Gasteiger partial charge in [0.15, 0.2) is 5.75 Å². The Morgan fingerprint density at radius 3 is 2.09 bits per heavy atom. The summed E-state index contributed by atoms with van der Waals surface area (Å²) in [5.41, 5.74) is 2.90. The summed E-state index contributed by atoms with van der Waals surface area (Å²) in [5, 5.41) is 11.6. The first-order valence-electron chi connectivity index (χ1n) is 14.2. The summed E-state index contributed by atoms with van der Waals surface area (Å²) in [6.45, 7) is 0.285. The van der Waals surface area contributed by atoms with Crippen molar-refractivity contribution >= 4 is 32.6 Å². The number of rotatable bonds is 13. The number of nitro groups is 1. The van der Waals surface area contributed by atoms with Gasteiger partial charge in [0.25, 0.3) is 5.24 Å². The van der Waals surface area contributed by atoms with Crippen molar-refractivity contribution < 1.29 is 37.1 Å². The van der Waals surface area contributed by atoms with Gasteiger partial charge in [-0.05, 0) is 88.8 Å². The lowest BCUT2D eigenvalue weighted by molar-refractivity contribution is -0.386. The third-order valence-corrected chi connectivity index (χ3v) is 9.60. The number of hydrogen-bond donors (Lipinski definition) is 0. The van der Waals surface area contributed by atoms with Gasteiger partial charge in [0, 0.05) is 24.7 Å². The van der Waals surface area contributed by atoms with Gasteiger partial charge in [-0.1, -0.05) is 30.3 Å². The van der Waals surface area contributed by atoms with Crippen molar-refractivity contribution in [1.29, 1.82) is 0 Å². The van der Waals surface area contributed by atoms with Crippen LogP contribution in [0.1, 0.15) is 38.7 Å². The van der Waals surface area contributed by atoms with Crippen molar-refractivity contribution in [2.24, 2.45) is 0 Å². The van der Waals surface area contributed by atoms with E-state index in [-0.39, 0.29) is 30.3 Å². The maximum atomic E-state index is 14.1. The Bertz CT molecular complexity index is 1780. The highest BCUT2D eigenvalue weighted by molar-refractivity contribution is 7.89. The molecule has 0 radical (unpaired) electrons. The summed E-state index contributed by atoms with van der Waals surface area (Å²) in [4.78, 5) is 22.8. The van der Waals surface area contributed by atoms with Crippen LogP contribution in [0.3, 0.4) is 0 Å². The molecule has 0 bridgehead atoms. The maximum Gasteiger partial charge on any atom is 0.312 e. The lowest BCUT2D eigenvalue weighted by Gasteiger charge is -2.26. The molecule has 0 aromatic heterocycles. The zero-order valence-electron chi connectivity index (χ0n) is 25.1. The van der Waals surface area contributed by atoms with E-state index in [4.69, 9.17) is 30.5 Å². The molecule has 13 heteroatoms. The molecule has 0 fully saturated rings. The van der Waals surface area contributed by atoms with Crippen LogP contribution < -0.4 is 14.2 Å². The normalized spacial score (nSPS) is 14.4. The summed E-state index contributed by atoms with van der Waals surface area (Å²) in [5.74, 6) is 1.14. The van der Waals surface area contributed by atoms with E-state index in [1.807, 2.05) is 0 Å². The van der Waals surface area contributed by atoms with Gasteiger partial charge in [0.05, 0.1) is 30.6 Å². The monoisotopic (exact) mass is 666 g/mol. The van der Waals surface area contributed by atoms with Crippen LogP contribution in [0, 0.1) is 10.1 Å². The SMILES string of the molecule is COc1ccc(CN(Cc2ccc(OC)cc2)S(=O)(=O)c2ccc(OC[C@H]3OCCc4cc(C(=O)Cl)ccc43)c([N+](=O)[O-])c2)cc1. The van der Waals surface area contributed by atoms with Crippen molar-refractivity contribution in [1.82, 2.24) is 4.31 Å². The number of nitrogens with zero attached hydrogens (tertiary/aromatic N) is 2. The largest absolute Gasteiger partial charge is 0.497 e. The maximum absolute atomic E-state index is 14.1. The molecule has 1 aliphatic rings. The fourth-order valence-corrected chi connectivity index (χ4v) is 6.68. The van der Waals surface area contributed by atoms with Crippen LogP contribution in [0.25, 0.3) is 0 Å². The van der Waals surface area contributed by atoms with Gasteiger partial charge in [-0.15, -0.1) is 0 Å². The van der Waals surface area contributed by atoms with Crippen LogP contribution in [0.4, 0.5) is 5.69 Å². The Hall–Kier alpha value is -4.49. The van der Waals surface area contributed by atoms with E-state index in [0.717, 1.165) is 17.2 Å². The molecule has 11 nitrogen and oxygen atoms in total. The molecule has 1 heterocycles. The minimum atomic E-state index is -4.24. The summed E-state index contributed by atoms with van der Waals surface area (Å²) >= 11 is 5.62. The zero-order chi connectivity index (χ0) is 32.8. The van der Waals surface area contributed by atoms with Crippen LogP contribution in [-0.4, -0.2) is 50.3 Å². The highest BCUT2D eigenvalue weighted by atomic mass is 35.5. The summed E-state index contributed by atoms with van der Waals surface area (Å²) in [7, 11) is -1.16. The fourth-order valence-electron chi connectivity index (χ4n) is 5.13. The minimum absolute atomic E-state index is 0.000135. The molecule has 0 saturated carbocycles. The second-order valence-corrected chi connectivity index (χ2v) is 12.7. The fraction of sp³-hybridized carbons (Fsp3) is 0.242. The van der Waals surface area contributed by atoms with Crippen LogP contribution in [0.5, 0.6) is 17.2 Å². The van der Waals surface area contributed by atoms with Gasteiger partial charge in [0.1, 0.15) is 24.2 Å². The second-order valence-electron chi connectivity index (χ2n) is 10.5. The predicted octanol–water partition coefficient (Wildman–Crippen LogP) is 6.07. The number of sulfonamides is 1. The van der Waals surface area contributed by atoms with E-state index in [0.29, 0.717) is 41.2 Å². The first kappa shape index (κ1) is 32.9. The lowest BCUT2D eigenvalue weighted by atomic mass is 9.96. The molecule has 4 aromatic rings. The van der Waals surface area contributed by atoms with Crippen LogP contribution in [0.2, 0.25) is 0 Å². The minimum Gasteiger partial charge on any atom is -0.497 e. The number of methoxy groups -OCH3 is 2. The molecule has 5 rings (SSSR count). The Labute approximate surface area is 271 Å². The second kappa shape index (κ2) is 14.3. The molecular formula is C33H31ClN2O9S. The third kappa shape index (κ3) is 7.48. The number of carbonyl (C=O) groups excluding carboxylic acids is 1. The van der Waals surface area contributed by atoms with E-state index in [2.05, 4.69) is 0 Å². The molecule has 0 spiro atoms. The Kier molecular flexibility index (Phi) is 10.2. The Morgan fingerprint density at radius 2 is 1.54 bits per heavy atom. The van der Waals surface area contributed by atoms with Crippen LogP contribution in [0.15, 0.2) is 89.8 Å². The average Bonchev–Trinajstić information content (AvgIpc) is 3.07. The molecule has 0 unspecified atom stereocenters. The van der Waals surface area contributed by atoms with Crippen molar-refractivity contribution in [3.8, 4) is 17.2 Å². The predicted molar refractivity (Wildman–Crippen MR) is 170 cm³/mol. The van der Waals surface area contributed by atoms with Crippen LogP contribution in [-0.2, 0) is 34.3 Å². The smallest absolute Gasteiger partial charge is 0.312 e. The first-order valence-corrected chi connectivity index (χ1v) is 16.0. The van der Waals surface area contributed by atoms with E-state index in [1.165, 1.54) is 30.7 Å². The standard InChI is InChI=1S/C33H31ClN2O9S/c1-42-26-8-3-22(4-9-26)19-35(20-23-5-10-27(43-2)11-6-23)46(40,41)28-12-14-31(30(18-28)36(38)39)45-21-32-29-13-7-25(33(34)37)17-24(29)15-16-44-32/h3-14,17-18,32H,15-16,19-21H2,1-2H3/t32-/m1/s1. The van der Waals surface area contributed by atoms with E-state index < -0.39 is 32.0 Å². The molecule has 0 aliphatic carbocycles. The van der Waals surface area contributed by atoms with Crippen molar-refractivity contribution in [2.45, 2.75) is 30.5 Å². The topological polar surface area (TPSA) is 135 Å². The highest BCUT2D eigenvalue weighted by Gasteiger charge is 2.30. The molecule has 4 aromatic carbocycles. The third-order valence-electron chi connectivity index (χ3n) is 7.60. The summed E-state index contributed by atoms with van der Waals surface area (Å²) in [6.07, 6.45) is 0.0100. The number of fused-ring (bicyclic) bond motifs is 1. The molecule has 240 valence electrons. The highest BCUT2D eigenvalue weighted by Crippen LogP contribution is 2.35. The summed E-state index contributed by atoms with van der Waals surface area (Å²) < 4.78 is 51.5. The van der Waals surface area contributed by atoms with Gasteiger partial charge in [-0.25, -0.2) is 8.42 Å². The average molecular weight is 667 g/mol. The molecule has 0 saturated heterocycles. The number of nitro benzene ring substituents is 1. The first-order chi connectivity index (χ1) is 22.1. The van der Waals surface area contributed by atoms with E-state index >= 15 is 0 Å². The van der Waals surface area contributed by atoms with Crippen molar-refractivity contribution in [2.75, 3.05) is 27.4 Å². The molecule has 1 atom stereocenters. The van der Waals surface area contributed by atoms with Crippen LogP contribution >= 0.6 is 11.6 Å². The quantitative estimate of drug-likeness (QED) is 0.0946. The number of carbonyl (C=O) groups is 1. The van der Waals surface area contributed by atoms with Crippen molar-refractivity contribution in [3.63, 3.8) is 0 Å². The molecule has 1 aliphatic heterocycles. The number of benzene rings is 4. The summed E-state index contributed by atoms with van der Waals surface area (Å²) in [6, 6.07) is 22.6. The van der Waals surface area contributed by atoms with Crippen molar-refractivity contribution in [3.05, 3.63) is 123 Å². The molecule has 46 heavy (non-hydrogen) atoms. The number of hydrogen-bond acceptors (Lipinski definition) is 9. The lowest BCUT2D eigenvalue weighted by Crippen LogP contribution is -2.30. The van der Waals surface area contributed by atoms with Gasteiger partial charge in [0.2, 0.25) is 10.0 Å². The number of ether oxygens (including phenoxy) is 4. The molecular weight excluding hydrogens is 636 g/mol. The zero-order valence-corrected chi connectivity index (χ0v) is 26.6. The van der Waals surface area contributed by atoms with E-state index in [1.54, 1.807) is 66.7 Å². The van der Waals surface area contributed by atoms with E-state index in [9.17, 15) is 23.3 Å². The van der Waals surface area contributed by atoms with Gasteiger partial charge in [-0.2, -0.15) is 4.31 Å². The Morgan fingerprint density at radius 1 is 0.935 bits per heavy atom. The molecule has 0 N–H and O–H groups in total.